The summed E-state index contributed by atoms with van der Waals surface area (Å²) in [6, 6.07) is 4.73. The van der Waals surface area contributed by atoms with Gasteiger partial charge in [-0.05, 0) is 59.8 Å². The van der Waals surface area contributed by atoms with Gasteiger partial charge in [-0.3, -0.25) is 0 Å². The second kappa shape index (κ2) is 4.30. The maximum Gasteiger partial charge on any atom is 0.123 e. The molecule has 2 aliphatic carbocycles. The first-order valence-electron chi connectivity index (χ1n) is 7.36. The molecule has 1 aromatic rings. The molecule has 0 aromatic heterocycles. The first-order valence-corrected chi connectivity index (χ1v) is 8.15. The molecule has 0 amide bonds. The van der Waals surface area contributed by atoms with E-state index in [0.29, 0.717) is 12.3 Å². The molecule has 3 atom stereocenters. The molecule has 2 fully saturated rings. The van der Waals surface area contributed by atoms with E-state index in [1.165, 1.54) is 12.5 Å². The fourth-order valence-corrected chi connectivity index (χ4v) is 5.13. The lowest BCUT2D eigenvalue weighted by atomic mass is 9.58. The van der Waals surface area contributed by atoms with Gasteiger partial charge < -0.3 is 5.11 Å². The van der Waals surface area contributed by atoms with Gasteiger partial charge in [0, 0.05) is 10.9 Å². The van der Waals surface area contributed by atoms with E-state index in [1.54, 1.807) is 12.1 Å². The maximum atomic E-state index is 13.5. The normalized spacial score (nSPS) is 38.4. The Kier molecular flexibility index (Phi) is 3.12. The van der Waals surface area contributed by atoms with Crippen molar-refractivity contribution in [1.82, 2.24) is 0 Å². The third-order valence-corrected chi connectivity index (χ3v) is 7.05. The Bertz CT molecular complexity index is 549. The number of benzene rings is 1. The smallest absolute Gasteiger partial charge is 0.123 e. The summed E-state index contributed by atoms with van der Waals surface area (Å²) in [5.74, 6) is 0.336. The van der Waals surface area contributed by atoms with Crippen LogP contribution in [0.2, 0.25) is 0 Å². The Morgan fingerprint density at radius 2 is 2.05 bits per heavy atom. The summed E-state index contributed by atoms with van der Waals surface area (Å²) >= 11 is 3.49. The van der Waals surface area contributed by atoms with Gasteiger partial charge in [0.15, 0.2) is 0 Å². The number of rotatable bonds is 2. The molecule has 3 unspecified atom stereocenters. The fraction of sp³-hybridized carbons (Fsp3) is 0.647. The molecule has 3 rings (SSSR count). The molecule has 2 aliphatic rings. The van der Waals surface area contributed by atoms with E-state index in [9.17, 15) is 9.50 Å². The summed E-state index contributed by atoms with van der Waals surface area (Å²) in [7, 11) is 0. The molecule has 3 heteroatoms. The average Bonchev–Trinajstić information content (AvgIpc) is 2.82. The lowest BCUT2D eigenvalue weighted by molar-refractivity contribution is -0.142. The van der Waals surface area contributed by atoms with Crippen LogP contribution in [0.5, 0.6) is 0 Å². The van der Waals surface area contributed by atoms with Crippen LogP contribution in [0.25, 0.3) is 0 Å². The number of halogens is 2. The van der Waals surface area contributed by atoms with Crippen LogP contribution in [0, 0.1) is 22.6 Å². The van der Waals surface area contributed by atoms with Gasteiger partial charge in [0.25, 0.3) is 0 Å². The molecule has 2 saturated carbocycles. The summed E-state index contributed by atoms with van der Waals surface area (Å²) in [6.07, 6.45) is 3.88. The predicted molar refractivity (Wildman–Crippen MR) is 82.0 cm³/mol. The van der Waals surface area contributed by atoms with Gasteiger partial charge >= 0.3 is 0 Å². The molecule has 0 saturated heterocycles. The maximum absolute atomic E-state index is 13.5. The van der Waals surface area contributed by atoms with Crippen molar-refractivity contribution in [2.45, 2.75) is 52.1 Å². The molecule has 1 nitrogen and oxygen atoms in total. The highest BCUT2D eigenvalue weighted by molar-refractivity contribution is 9.10. The van der Waals surface area contributed by atoms with Crippen LogP contribution in [0.1, 0.15) is 45.6 Å². The van der Waals surface area contributed by atoms with Gasteiger partial charge in [0.2, 0.25) is 0 Å². The van der Waals surface area contributed by atoms with Crippen molar-refractivity contribution in [2.75, 3.05) is 0 Å². The van der Waals surface area contributed by atoms with Crippen LogP contribution in [0.3, 0.4) is 0 Å². The highest BCUT2D eigenvalue weighted by Gasteiger charge is 2.68. The Morgan fingerprint density at radius 1 is 1.35 bits per heavy atom. The van der Waals surface area contributed by atoms with Gasteiger partial charge in [-0.2, -0.15) is 0 Å². The van der Waals surface area contributed by atoms with Crippen molar-refractivity contribution in [3.8, 4) is 0 Å². The van der Waals surface area contributed by atoms with E-state index >= 15 is 0 Å². The van der Waals surface area contributed by atoms with Gasteiger partial charge in [0.1, 0.15) is 5.82 Å². The van der Waals surface area contributed by atoms with Crippen LogP contribution in [0.4, 0.5) is 4.39 Å². The fourth-order valence-electron chi connectivity index (χ4n) is 4.74. The third-order valence-electron chi connectivity index (χ3n) is 6.28. The number of hydrogen-bond acceptors (Lipinski definition) is 1. The van der Waals surface area contributed by atoms with Crippen molar-refractivity contribution >= 4 is 15.9 Å². The van der Waals surface area contributed by atoms with Crippen LogP contribution in [0.15, 0.2) is 22.7 Å². The van der Waals surface area contributed by atoms with E-state index < -0.39 is 5.60 Å². The van der Waals surface area contributed by atoms with Crippen molar-refractivity contribution in [3.05, 3.63) is 34.1 Å². The summed E-state index contributed by atoms with van der Waals surface area (Å²) in [4.78, 5) is 0. The van der Waals surface area contributed by atoms with E-state index in [0.717, 1.165) is 22.9 Å². The summed E-state index contributed by atoms with van der Waals surface area (Å²) in [6.45, 7) is 6.56. The van der Waals surface area contributed by atoms with E-state index in [1.807, 2.05) is 0 Å². The standard InChI is InChI=1S/C17H22BrFO/c1-15(2)12-6-7-16(3,10-12)17(15,20)9-11-8-13(19)4-5-14(11)18/h4-5,8,12,20H,6-7,9-10H2,1-3H3. The zero-order valence-corrected chi connectivity index (χ0v) is 13.9. The molecule has 1 N–H and O–H groups in total. The van der Waals surface area contributed by atoms with Gasteiger partial charge in [-0.15, -0.1) is 0 Å². The average molecular weight is 341 g/mol. The zero-order valence-electron chi connectivity index (χ0n) is 12.3. The summed E-state index contributed by atoms with van der Waals surface area (Å²) < 4.78 is 14.4. The molecule has 0 aliphatic heterocycles. The highest BCUT2D eigenvalue weighted by Crippen LogP contribution is 2.68. The lowest BCUT2D eigenvalue weighted by Crippen LogP contribution is -2.55. The van der Waals surface area contributed by atoms with Gasteiger partial charge in [0.05, 0.1) is 5.60 Å². The molecule has 110 valence electrons. The summed E-state index contributed by atoms with van der Waals surface area (Å²) in [5, 5.41) is 11.5. The van der Waals surface area contributed by atoms with Crippen LogP contribution >= 0.6 is 15.9 Å². The first kappa shape index (κ1) is 14.5. The second-order valence-corrected chi connectivity index (χ2v) is 8.35. The highest BCUT2D eigenvalue weighted by atomic mass is 79.9. The molecular formula is C17H22BrFO. The number of fused-ring (bicyclic) bond motifs is 2. The summed E-state index contributed by atoms with van der Waals surface area (Å²) in [5.41, 5.74) is -0.0629. The topological polar surface area (TPSA) is 20.2 Å². The van der Waals surface area contributed by atoms with E-state index in [2.05, 4.69) is 36.7 Å². The largest absolute Gasteiger partial charge is 0.388 e. The SMILES string of the molecule is CC12CCC(C1)C(C)(C)C2(O)Cc1cc(F)ccc1Br. The van der Waals surface area contributed by atoms with Crippen molar-refractivity contribution < 1.29 is 9.50 Å². The van der Waals surface area contributed by atoms with Crippen LogP contribution < -0.4 is 0 Å². The molecule has 2 bridgehead atoms. The zero-order chi connectivity index (χ0) is 14.8. The Hall–Kier alpha value is -0.410. The van der Waals surface area contributed by atoms with Crippen LogP contribution in [-0.2, 0) is 6.42 Å². The van der Waals surface area contributed by atoms with Crippen molar-refractivity contribution in [1.29, 1.82) is 0 Å². The van der Waals surface area contributed by atoms with E-state index in [4.69, 9.17) is 0 Å². The van der Waals surface area contributed by atoms with Crippen LogP contribution in [-0.4, -0.2) is 10.7 Å². The minimum absolute atomic E-state index is 0.0487. The Balaban J connectivity index is 2.02. The Morgan fingerprint density at radius 3 is 2.65 bits per heavy atom. The predicted octanol–water partition coefficient (Wildman–Crippen LogP) is 4.71. The van der Waals surface area contributed by atoms with Crippen molar-refractivity contribution in [3.63, 3.8) is 0 Å². The van der Waals surface area contributed by atoms with Crippen molar-refractivity contribution in [2.24, 2.45) is 16.7 Å². The quantitative estimate of drug-likeness (QED) is 0.826. The third kappa shape index (κ3) is 1.75. The minimum Gasteiger partial charge on any atom is -0.388 e. The minimum atomic E-state index is -0.765. The Labute approximate surface area is 128 Å². The number of aliphatic hydroxyl groups is 1. The molecular weight excluding hydrogens is 319 g/mol. The van der Waals surface area contributed by atoms with E-state index in [-0.39, 0.29) is 16.6 Å². The molecule has 0 spiro atoms. The second-order valence-electron chi connectivity index (χ2n) is 7.49. The molecule has 1 aromatic carbocycles. The number of hydrogen-bond donors (Lipinski definition) is 1. The first-order chi connectivity index (χ1) is 9.20. The van der Waals surface area contributed by atoms with Gasteiger partial charge in [-0.25, -0.2) is 4.39 Å². The molecule has 20 heavy (non-hydrogen) atoms. The molecule has 0 radical (unpaired) electrons. The molecule has 0 heterocycles. The lowest BCUT2D eigenvalue weighted by Gasteiger charge is -2.51. The monoisotopic (exact) mass is 340 g/mol. The van der Waals surface area contributed by atoms with Gasteiger partial charge in [-0.1, -0.05) is 36.7 Å².